The molecule has 11 heteroatoms. The molecule has 0 aliphatic carbocycles. The first-order chi connectivity index (χ1) is 20.3. The van der Waals surface area contributed by atoms with Crippen LogP contribution in [0.5, 0.6) is 0 Å². The lowest BCUT2D eigenvalue weighted by Gasteiger charge is -2.40. The summed E-state index contributed by atoms with van der Waals surface area (Å²) < 4.78 is 2.00. The maximum absolute atomic E-state index is 13.1. The van der Waals surface area contributed by atoms with Crippen molar-refractivity contribution in [2.24, 2.45) is 0 Å². The number of halogens is 3. The van der Waals surface area contributed by atoms with Gasteiger partial charge in [0.2, 0.25) is 5.91 Å². The molecule has 3 aromatic carbocycles. The molecule has 5 rings (SSSR count). The van der Waals surface area contributed by atoms with E-state index in [2.05, 4.69) is 22.3 Å². The largest absolute Gasteiger partial charge is 0.339 e. The third-order valence-corrected chi connectivity index (χ3v) is 9.26. The number of thioether (sulfide) groups is 1. The molecule has 2 amide bonds. The molecule has 4 aromatic rings. The van der Waals surface area contributed by atoms with Crippen LogP contribution in [0.15, 0.2) is 78.0 Å². The van der Waals surface area contributed by atoms with E-state index in [9.17, 15) is 9.59 Å². The first kappa shape index (κ1) is 30.4. The Bertz CT molecular complexity index is 1570. The van der Waals surface area contributed by atoms with E-state index in [1.807, 2.05) is 46.7 Å². The summed E-state index contributed by atoms with van der Waals surface area (Å²) in [4.78, 5) is 29.7. The minimum atomic E-state index is -0.103. The lowest BCUT2D eigenvalue weighted by Crippen LogP contribution is -2.55. The quantitative estimate of drug-likeness (QED) is 0.144. The summed E-state index contributed by atoms with van der Waals surface area (Å²) in [7, 11) is 0. The van der Waals surface area contributed by atoms with Gasteiger partial charge in [0, 0.05) is 44.3 Å². The molecule has 1 aliphatic heterocycles. The zero-order valence-electron chi connectivity index (χ0n) is 23.1. The van der Waals surface area contributed by atoms with Crippen molar-refractivity contribution in [2.75, 3.05) is 25.4 Å². The van der Waals surface area contributed by atoms with E-state index < -0.39 is 0 Å². The second-order valence-electron chi connectivity index (χ2n) is 10.1. The van der Waals surface area contributed by atoms with Crippen molar-refractivity contribution in [2.45, 2.75) is 37.4 Å². The van der Waals surface area contributed by atoms with Crippen molar-refractivity contribution in [3.05, 3.63) is 105 Å². The normalized spacial score (nSPS) is 15.2. The van der Waals surface area contributed by atoms with Crippen LogP contribution in [0.1, 0.15) is 41.5 Å². The average molecular weight is 643 g/mol. The van der Waals surface area contributed by atoms with Crippen molar-refractivity contribution >= 4 is 58.4 Å². The Morgan fingerprint density at radius 2 is 1.67 bits per heavy atom. The maximum Gasteiger partial charge on any atom is 0.255 e. The minimum absolute atomic E-state index is 0.0861. The number of aromatic nitrogens is 3. The molecule has 218 valence electrons. The second-order valence-corrected chi connectivity index (χ2v) is 12.4. The number of hydrogen-bond acceptors (Lipinski definition) is 5. The molecule has 1 fully saturated rings. The Kier molecular flexibility index (Phi) is 10.1. The lowest BCUT2D eigenvalue weighted by atomic mass is 10.1. The number of benzene rings is 3. The summed E-state index contributed by atoms with van der Waals surface area (Å²) in [5.41, 5.74) is 2.44. The molecular weight excluding hydrogens is 613 g/mol. The van der Waals surface area contributed by atoms with Gasteiger partial charge in [-0.1, -0.05) is 89.0 Å². The predicted molar refractivity (Wildman–Crippen MR) is 169 cm³/mol. The smallest absolute Gasteiger partial charge is 0.255 e. The summed E-state index contributed by atoms with van der Waals surface area (Å²) in [5.74, 6) is 1.46. The van der Waals surface area contributed by atoms with E-state index in [0.29, 0.717) is 65.3 Å². The third-order valence-electron chi connectivity index (χ3n) is 7.18. The van der Waals surface area contributed by atoms with Crippen LogP contribution in [-0.2, 0) is 11.2 Å². The fourth-order valence-corrected chi connectivity index (χ4v) is 6.41. The van der Waals surface area contributed by atoms with Crippen LogP contribution in [-0.4, -0.2) is 67.8 Å². The van der Waals surface area contributed by atoms with Gasteiger partial charge >= 0.3 is 0 Å². The second kappa shape index (κ2) is 14.0. The van der Waals surface area contributed by atoms with E-state index in [-0.39, 0.29) is 17.9 Å². The highest BCUT2D eigenvalue weighted by Crippen LogP contribution is 2.29. The van der Waals surface area contributed by atoms with Crippen LogP contribution >= 0.6 is 46.6 Å². The molecule has 0 bridgehead atoms. The standard InChI is InChI=1S/C31H30Cl3N5O2S/c1-21-20-37(15-16-38(21)30(41)24-10-5-6-11-25(24)32)29(40)12-7-17-42-31-36-35-28(18-22-8-3-2-4-9-22)39(31)23-13-14-26(33)27(34)19-23/h2-6,8-11,13-14,19,21H,7,12,15-18,20H2,1H3/t21-/m1/s1. The topological polar surface area (TPSA) is 71.3 Å². The molecule has 7 nitrogen and oxygen atoms in total. The highest BCUT2D eigenvalue weighted by molar-refractivity contribution is 7.99. The van der Waals surface area contributed by atoms with E-state index in [1.165, 1.54) is 0 Å². The minimum Gasteiger partial charge on any atom is -0.339 e. The third kappa shape index (κ3) is 7.11. The van der Waals surface area contributed by atoms with Gasteiger partial charge in [0.25, 0.3) is 5.91 Å². The van der Waals surface area contributed by atoms with Crippen LogP contribution in [0, 0.1) is 0 Å². The fraction of sp³-hybridized carbons (Fsp3) is 0.290. The van der Waals surface area contributed by atoms with E-state index in [4.69, 9.17) is 34.8 Å². The zero-order chi connectivity index (χ0) is 29.6. The van der Waals surface area contributed by atoms with Gasteiger partial charge in [-0.15, -0.1) is 10.2 Å². The summed E-state index contributed by atoms with van der Waals surface area (Å²) in [6.45, 7) is 3.44. The fourth-order valence-electron chi connectivity index (χ4n) is 4.99. The molecule has 1 aromatic heterocycles. The van der Waals surface area contributed by atoms with Crippen molar-refractivity contribution in [1.29, 1.82) is 0 Å². The Hall–Kier alpha value is -3.04. The van der Waals surface area contributed by atoms with Gasteiger partial charge in [-0.3, -0.25) is 14.2 Å². The predicted octanol–water partition coefficient (Wildman–Crippen LogP) is 7.06. The van der Waals surface area contributed by atoms with Crippen LogP contribution in [0.3, 0.4) is 0 Å². The summed E-state index contributed by atoms with van der Waals surface area (Å²) in [5, 5.41) is 11.1. The molecule has 0 unspecified atom stereocenters. The van der Waals surface area contributed by atoms with Gasteiger partial charge in [0.15, 0.2) is 5.16 Å². The van der Waals surface area contributed by atoms with Crippen molar-refractivity contribution in [1.82, 2.24) is 24.6 Å². The average Bonchev–Trinajstić information content (AvgIpc) is 3.39. The highest BCUT2D eigenvalue weighted by Gasteiger charge is 2.30. The van der Waals surface area contributed by atoms with Gasteiger partial charge in [0.05, 0.1) is 26.3 Å². The highest BCUT2D eigenvalue weighted by atomic mass is 35.5. The maximum atomic E-state index is 13.1. The van der Waals surface area contributed by atoms with E-state index >= 15 is 0 Å². The molecule has 0 radical (unpaired) electrons. The monoisotopic (exact) mass is 641 g/mol. The van der Waals surface area contributed by atoms with Gasteiger partial charge in [-0.05, 0) is 49.2 Å². The summed E-state index contributed by atoms with van der Waals surface area (Å²) in [6.07, 6.45) is 1.70. The Balaban J connectivity index is 1.18. The molecule has 0 N–H and O–H groups in total. The van der Waals surface area contributed by atoms with Crippen LogP contribution in [0.2, 0.25) is 15.1 Å². The number of amides is 2. The van der Waals surface area contributed by atoms with Crippen LogP contribution in [0.25, 0.3) is 5.69 Å². The van der Waals surface area contributed by atoms with Crippen molar-refractivity contribution in [3.63, 3.8) is 0 Å². The molecule has 1 saturated heterocycles. The number of carbonyl (C=O) groups excluding carboxylic acids is 2. The number of hydrogen-bond donors (Lipinski definition) is 0. The first-order valence-corrected chi connectivity index (χ1v) is 15.8. The molecule has 1 aliphatic rings. The first-order valence-electron chi connectivity index (χ1n) is 13.7. The number of rotatable bonds is 9. The molecule has 1 atom stereocenters. The molecule has 2 heterocycles. The van der Waals surface area contributed by atoms with Gasteiger partial charge in [0.1, 0.15) is 5.82 Å². The molecule has 0 saturated carbocycles. The van der Waals surface area contributed by atoms with Crippen molar-refractivity contribution in [3.8, 4) is 5.69 Å². The van der Waals surface area contributed by atoms with Crippen molar-refractivity contribution < 1.29 is 9.59 Å². The van der Waals surface area contributed by atoms with E-state index in [1.54, 1.807) is 47.0 Å². The number of piperazine rings is 1. The Morgan fingerprint density at radius 3 is 2.40 bits per heavy atom. The van der Waals surface area contributed by atoms with Gasteiger partial charge in [-0.25, -0.2) is 0 Å². The van der Waals surface area contributed by atoms with Gasteiger partial charge < -0.3 is 9.80 Å². The Morgan fingerprint density at radius 1 is 0.905 bits per heavy atom. The lowest BCUT2D eigenvalue weighted by molar-refractivity contribution is -0.133. The summed E-state index contributed by atoms with van der Waals surface area (Å²) >= 11 is 20.3. The molecular formula is C31H30Cl3N5O2S. The molecule has 0 spiro atoms. The number of nitrogens with zero attached hydrogens (tertiary/aromatic N) is 5. The molecule has 42 heavy (non-hydrogen) atoms. The van der Waals surface area contributed by atoms with Gasteiger partial charge in [-0.2, -0.15) is 0 Å². The Labute approximate surface area is 264 Å². The van der Waals surface area contributed by atoms with Crippen LogP contribution < -0.4 is 0 Å². The summed E-state index contributed by atoms with van der Waals surface area (Å²) in [6, 6.07) is 22.5. The van der Waals surface area contributed by atoms with E-state index in [0.717, 1.165) is 22.2 Å². The number of carbonyl (C=O) groups is 2. The SMILES string of the molecule is C[C@@H]1CN(C(=O)CCCSc2nnc(Cc3ccccc3)n2-c2ccc(Cl)c(Cl)c2)CCN1C(=O)c1ccccc1Cl. The van der Waals surface area contributed by atoms with Crippen LogP contribution in [0.4, 0.5) is 0 Å². The zero-order valence-corrected chi connectivity index (χ0v) is 26.1.